The molecule has 3 rings (SSSR count). The predicted octanol–water partition coefficient (Wildman–Crippen LogP) is 1.26. The summed E-state index contributed by atoms with van der Waals surface area (Å²) in [5, 5.41) is 3.28. The molecule has 4 atom stereocenters. The molecule has 1 saturated heterocycles. The molecule has 2 bridgehead atoms. The molecule has 1 heterocycles. The summed E-state index contributed by atoms with van der Waals surface area (Å²) in [6, 6.07) is 0. The van der Waals surface area contributed by atoms with Gasteiger partial charge in [0.05, 0.1) is 19.1 Å². The van der Waals surface area contributed by atoms with Gasteiger partial charge < -0.3 is 15.0 Å². The van der Waals surface area contributed by atoms with Crippen LogP contribution in [0.2, 0.25) is 0 Å². The summed E-state index contributed by atoms with van der Waals surface area (Å²) in [5.74, 6) is 2.87. The van der Waals surface area contributed by atoms with Gasteiger partial charge in [0, 0.05) is 26.7 Å². The number of hydrogen-bond donors (Lipinski definition) is 1. The van der Waals surface area contributed by atoms with E-state index in [0.29, 0.717) is 6.42 Å². The van der Waals surface area contributed by atoms with Crippen molar-refractivity contribution in [3.05, 3.63) is 0 Å². The van der Waals surface area contributed by atoms with Crippen molar-refractivity contribution in [1.29, 1.82) is 0 Å². The van der Waals surface area contributed by atoms with Crippen LogP contribution in [-0.4, -0.2) is 50.2 Å². The molecule has 108 valence electrons. The molecular weight excluding hydrogens is 240 g/mol. The fourth-order valence-electron chi connectivity index (χ4n) is 4.16. The highest BCUT2D eigenvalue weighted by Gasteiger charge is 2.40. The van der Waals surface area contributed by atoms with Gasteiger partial charge in [-0.25, -0.2) is 0 Å². The first kappa shape index (κ1) is 13.4. The Hall–Kier alpha value is -0.610. The molecular formula is C15H26N2O2. The Morgan fingerprint density at radius 3 is 2.89 bits per heavy atom. The topological polar surface area (TPSA) is 41.6 Å². The van der Waals surface area contributed by atoms with Gasteiger partial charge >= 0.3 is 0 Å². The minimum Gasteiger partial charge on any atom is -0.375 e. The van der Waals surface area contributed by atoms with Gasteiger partial charge in [-0.3, -0.25) is 4.79 Å². The zero-order valence-electron chi connectivity index (χ0n) is 11.9. The number of nitrogens with zero attached hydrogens (tertiary/aromatic N) is 1. The van der Waals surface area contributed by atoms with E-state index in [4.69, 9.17) is 4.74 Å². The molecule has 1 aliphatic heterocycles. The third-order valence-electron chi connectivity index (χ3n) is 5.23. The zero-order chi connectivity index (χ0) is 13.2. The van der Waals surface area contributed by atoms with Crippen molar-refractivity contribution in [2.45, 2.75) is 38.2 Å². The summed E-state index contributed by atoms with van der Waals surface area (Å²) in [7, 11) is 1.96. The lowest BCUT2D eigenvalue weighted by Crippen LogP contribution is -2.42. The molecule has 0 aromatic rings. The van der Waals surface area contributed by atoms with Gasteiger partial charge in [-0.2, -0.15) is 0 Å². The highest BCUT2D eigenvalue weighted by Crippen LogP contribution is 2.48. The molecule has 2 saturated carbocycles. The van der Waals surface area contributed by atoms with Gasteiger partial charge in [-0.1, -0.05) is 6.42 Å². The van der Waals surface area contributed by atoms with E-state index in [0.717, 1.165) is 44.0 Å². The smallest absolute Gasteiger partial charge is 0.224 e. The second-order valence-corrected chi connectivity index (χ2v) is 6.61. The maximum absolute atomic E-state index is 12.2. The third kappa shape index (κ3) is 3.11. The van der Waals surface area contributed by atoms with Crippen LogP contribution >= 0.6 is 0 Å². The Labute approximate surface area is 115 Å². The molecule has 4 heteroatoms. The number of fused-ring (bicyclic) bond motifs is 2. The average molecular weight is 266 g/mol. The first-order valence-corrected chi connectivity index (χ1v) is 7.78. The number of amides is 1. The fraction of sp³-hybridized carbons (Fsp3) is 0.933. The van der Waals surface area contributed by atoms with Crippen molar-refractivity contribution in [2.75, 3.05) is 33.3 Å². The number of carbonyl (C=O) groups excluding carboxylic acids is 1. The highest BCUT2D eigenvalue weighted by molar-refractivity contribution is 5.76. The van der Waals surface area contributed by atoms with Crippen LogP contribution in [0, 0.1) is 17.8 Å². The average Bonchev–Trinajstić information content (AvgIpc) is 3.02. The Balaban J connectivity index is 1.44. The molecule has 4 unspecified atom stereocenters. The molecule has 1 amide bonds. The maximum Gasteiger partial charge on any atom is 0.224 e. The number of hydrogen-bond acceptors (Lipinski definition) is 3. The Morgan fingerprint density at radius 2 is 2.26 bits per heavy atom. The fourth-order valence-corrected chi connectivity index (χ4v) is 4.16. The number of ether oxygens (including phenoxy) is 1. The first-order chi connectivity index (χ1) is 9.22. The van der Waals surface area contributed by atoms with Crippen LogP contribution in [0.4, 0.5) is 0 Å². The lowest BCUT2D eigenvalue weighted by Gasteiger charge is -2.29. The number of rotatable bonds is 4. The van der Waals surface area contributed by atoms with Crippen LogP contribution in [-0.2, 0) is 9.53 Å². The van der Waals surface area contributed by atoms with Gasteiger partial charge in [-0.05, 0) is 37.0 Å². The largest absolute Gasteiger partial charge is 0.375 e. The van der Waals surface area contributed by atoms with Gasteiger partial charge in [0.25, 0.3) is 0 Å². The number of carbonyl (C=O) groups is 1. The Morgan fingerprint density at radius 1 is 1.37 bits per heavy atom. The van der Waals surface area contributed by atoms with E-state index in [9.17, 15) is 4.79 Å². The maximum atomic E-state index is 12.2. The van der Waals surface area contributed by atoms with E-state index in [-0.39, 0.29) is 12.0 Å². The molecule has 3 fully saturated rings. The van der Waals surface area contributed by atoms with Gasteiger partial charge in [0.2, 0.25) is 5.91 Å². The quantitative estimate of drug-likeness (QED) is 0.833. The standard InChI is InChI=1S/C15H26N2O2/c1-17(10-13-7-11-2-3-12(13)6-11)15(18)8-14-9-16-4-5-19-14/h11-14,16H,2-10H2,1H3. The van der Waals surface area contributed by atoms with Crippen LogP contribution in [0.25, 0.3) is 0 Å². The van der Waals surface area contributed by atoms with Crippen LogP contribution in [0.3, 0.4) is 0 Å². The molecule has 19 heavy (non-hydrogen) atoms. The molecule has 0 spiro atoms. The number of morpholine rings is 1. The van der Waals surface area contributed by atoms with Crippen molar-refractivity contribution < 1.29 is 9.53 Å². The van der Waals surface area contributed by atoms with E-state index in [1.165, 1.54) is 25.7 Å². The van der Waals surface area contributed by atoms with Crippen molar-refractivity contribution in [3.63, 3.8) is 0 Å². The molecule has 1 N–H and O–H groups in total. The summed E-state index contributed by atoms with van der Waals surface area (Å²) >= 11 is 0. The van der Waals surface area contributed by atoms with E-state index < -0.39 is 0 Å². The minimum atomic E-state index is 0.0729. The van der Waals surface area contributed by atoms with Crippen molar-refractivity contribution in [2.24, 2.45) is 17.8 Å². The molecule has 0 aromatic heterocycles. The van der Waals surface area contributed by atoms with Crippen molar-refractivity contribution in [1.82, 2.24) is 10.2 Å². The van der Waals surface area contributed by atoms with Gasteiger partial charge in [0.15, 0.2) is 0 Å². The molecule has 3 aliphatic rings. The van der Waals surface area contributed by atoms with Gasteiger partial charge in [-0.15, -0.1) is 0 Å². The van der Waals surface area contributed by atoms with E-state index >= 15 is 0 Å². The van der Waals surface area contributed by atoms with Crippen LogP contribution in [0.1, 0.15) is 32.1 Å². The van der Waals surface area contributed by atoms with E-state index in [1.54, 1.807) is 0 Å². The first-order valence-electron chi connectivity index (χ1n) is 7.78. The summed E-state index contributed by atoms with van der Waals surface area (Å²) < 4.78 is 5.61. The van der Waals surface area contributed by atoms with E-state index in [1.807, 2.05) is 11.9 Å². The molecule has 2 aliphatic carbocycles. The van der Waals surface area contributed by atoms with Crippen molar-refractivity contribution >= 4 is 5.91 Å². The lowest BCUT2D eigenvalue weighted by atomic mass is 9.88. The Kier molecular flexibility index (Phi) is 4.08. The molecule has 0 aromatic carbocycles. The lowest BCUT2D eigenvalue weighted by molar-refractivity contribution is -0.134. The van der Waals surface area contributed by atoms with Gasteiger partial charge in [0.1, 0.15) is 0 Å². The molecule has 0 radical (unpaired) electrons. The predicted molar refractivity (Wildman–Crippen MR) is 73.8 cm³/mol. The second-order valence-electron chi connectivity index (χ2n) is 6.61. The zero-order valence-corrected chi connectivity index (χ0v) is 11.9. The van der Waals surface area contributed by atoms with Crippen molar-refractivity contribution in [3.8, 4) is 0 Å². The highest BCUT2D eigenvalue weighted by atomic mass is 16.5. The van der Waals surface area contributed by atoms with E-state index in [2.05, 4.69) is 5.32 Å². The monoisotopic (exact) mass is 266 g/mol. The Bertz CT molecular complexity index is 328. The third-order valence-corrected chi connectivity index (χ3v) is 5.23. The van der Waals surface area contributed by atoms with Crippen LogP contribution in [0.15, 0.2) is 0 Å². The summed E-state index contributed by atoms with van der Waals surface area (Å²) in [4.78, 5) is 14.2. The summed E-state index contributed by atoms with van der Waals surface area (Å²) in [5.41, 5.74) is 0. The summed E-state index contributed by atoms with van der Waals surface area (Å²) in [6.07, 6.45) is 6.20. The SMILES string of the molecule is CN(CC1CC2CCC1C2)C(=O)CC1CNCCO1. The summed E-state index contributed by atoms with van der Waals surface area (Å²) in [6.45, 7) is 3.41. The normalized spacial score (nSPS) is 37.5. The minimum absolute atomic E-state index is 0.0729. The second kappa shape index (κ2) is 5.80. The van der Waals surface area contributed by atoms with Crippen LogP contribution in [0.5, 0.6) is 0 Å². The van der Waals surface area contributed by atoms with Crippen LogP contribution < -0.4 is 5.32 Å². The number of nitrogens with one attached hydrogen (secondary N) is 1. The molecule has 4 nitrogen and oxygen atoms in total.